The molecule has 0 spiro atoms. The van der Waals surface area contributed by atoms with Crippen LogP contribution in [0.25, 0.3) is 0 Å². The molecular weight excluding hydrogens is 372 g/mol. The predicted octanol–water partition coefficient (Wildman–Crippen LogP) is 4.67. The SMILES string of the molecule is CCCCCCOc1ccc(C(=O)Oc2ccc(C(=O)OCCOC)cc2)cc1. The summed E-state index contributed by atoms with van der Waals surface area (Å²) in [5.41, 5.74) is 0.799. The number of hydrogen-bond donors (Lipinski definition) is 0. The fraction of sp³-hybridized carbons (Fsp3) is 0.391. The molecule has 2 aromatic rings. The lowest BCUT2D eigenvalue weighted by atomic mass is 10.2. The van der Waals surface area contributed by atoms with Gasteiger partial charge in [-0.2, -0.15) is 0 Å². The fourth-order valence-electron chi connectivity index (χ4n) is 2.53. The number of ether oxygens (including phenoxy) is 4. The summed E-state index contributed by atoms with van der Waals surface area (Å²) in [6.45, 7) is 3.37. The number of carbonyl (C=O) groups excluding carboxylic acids is 2. The van der Waals surface area contributed by atoms with E-state index < -0.39 is 11.9 Å². The van der Waals surface area contributed by atoms with Gasteiger partial charge in [0.1, 0.15) is 18.1 Å². The topological polar surface area (TPSA) is 71.1 Å². The largest absolute Gasteiger partial charge is 0.494 e. The molecule has 0 aromatic heterocycles. The van der Waals surface area contributed by atoms with Gasteiger partial charge < -0.3 is 18.9 Å². The highest BCUT2D eigenvalue weighted by Gasteiger charge is 2.11. The fourth-order valence-corrected chi connectivity index (χ4v) is 2.53. The van der Waals surface area contributed by atoms with Crippen molar-refractivity contribution in [2.45, 2.75) is 32.6 Å². The number of unbranched alkanes of at least 4 members (excludes halogenated alkanes) is 3. The molecule has 0 saturated heterocycles. The zero-order valence-corrected chi connectivity index (χ0v) is 17.0. The normalized spacial score (nSPS) is 10.4. The third-order valence-corrected chi connectivity index (χ3v) is 4.18. The van der Waals surface area contributed by atoms with Crippen molar-refractivity contribution < 1.29 is 28.5 Å². The maximum atomic E-state index is 12.3. The first kappa shape index (κ1) is 22.4. The molecule has 0 unspecified atom stereocenters. The Morgan fingerprint density at radius 2 is 1.34 bits per heavy atom. The van der Waals surface area contributed by atoms with Gasteiger partial charge in [-0.1, -0.05) is 26.2 Å². The van der Waals surface area contributed by atoms with Gasteiger partial charge in [-0.05, 0) is 55.0 Å². The highest BCUT2D eigenvalue weighted by atomic mass is 16.6. The Morgan fingerprint density at radius 1 is 0.724 bits per heavy atom. The molecule has 0 saturated carbocycles. The number of esters is 2. The lowest BCUT2D eigenvalue weighted by Crippen LogP contribution is -2.11. The van der Waals surface area contributed by atoms with Gasteiger partial charge in [0, 0.05) is 7.11 Å². The summed E-state index contributed by atoms with van der Waals surface area (Å²) in [4.78, 5) is 24.1. The second kappa shape index (κ2) is 12.6. The molecule has 0 amide bonds. The molecule has 0 aliphatic heterocycles. The minimum atomic E-state index is -0.477. The van der Waals surface area contributed by atoms with Gasteiger partial charge in [0.2, 0.25) is 0 Å². The number of methoxy groups -OCH3 is 1. The van der Waals surface area contributed by atoms with E-state index in [4.69, 9.17) is 18.9 Å². The predicted molar refractivity (Wildman–Crippen MR) is 110 cm³/mol. The van der Waals surface area contributed by atoms with Crippen molar-refractivity contribution in [1.29, 1.82) is 0 Å². The van der Waals surface area contributed by atoms with Crippen LogP contribution in [0.1, 0.15) is 53.3 Å². The molecule has 0 atom stereocenters. The van der Waals surface area contributed by atoms with E-state index in [0.29, 0.717) is 30.1 Å². The molecular formula is C23H28O6. The first-order valence-electron chi connectivity index (χ1n) is 9.85. The van der Waals surface area contributed by atoms with Gasteiger partial charge in [-0.3, -0.25) is 0 Å². The molecule has 0 N–H and O–H groups in total. The Kier molecular flexibility index (Phi) is 9.72. The van der Waals surface area contributed by atoms with Crippen LogP contribution >= 0.6 is 0 Å². The molecule has 156 valence electrons. The van der Waals surface area contributed by atoms with E-state index in [9.17, 15) is 9.59 Å². The highest BCUT2D eigenvalue weighted by molar-refractivity contribution is 5.92. The second-order valence-electron chi connectivity index (χ2n) is 6.48. The van der Waals surface area contributed by atoms with Crippen molar-refractivity contribution in [1.82, 2.24) is 0 Å². The Labute approximate surface area is 171 Å². The Hall–Kier alpha value is -2.86. The van der Waals surface area contributed by atoms with E-state index in [1.807, 2.05) is 0 Å². The van der Waals surface area contributed by atoms with Crippen molar-refractivity contribution in [2.75, 3.05) is 26.9 Å². The molecule has 0 fully saturated rings. The van der Waals surface area contributed by atoms with E-state index in [1.165, 1.54) is 20.0 Å². The van der Waals surface area contributed by atoms with Gasteiger partial charge in [-0.15, -0.1) is 0 Å². The van der Waals surface area contributed by atoms with Crippen LogP contribution in [0.4, 0.5) is 0 Å². The standard InChI is InChI=1S/C23H28O6/c1-3-4-5-6-15-27-20-11-7-19(8-12-20)23(25)29-21-13-9-18(10-14-21)22(24)28-17-16-26-2/h7-14H,3-6,15-17H2,1-2H3. The van der Waals surface area contributed by atoms with Crippen LogP contribution in [-0.4, -0.2) is 38.9 Å². The third kappa shape index (κ3) is 7.95. The lowest BCUT2D eigenvalue weighted by Gasteiger charge is -2.08. The monoisotopic (exact) mass is 400 g/mol. The van der Waals surface area contributed by atoms with Crippen LogP contribution < -0.4 is 9.47 Å². The van der Waals surface area contributed by atoms with Gasteiger partial charge in [0.15, 0.2) is 0 Å². The van der Waals surface area contributed by atoms with E-state index in [1.54, 1.807) is 48.5 Å². The van der Waals surface area contributed by atoms with Crippen LogP contribution in [0.3, 0.4) is 0 Å². The average molecular weight is 400 g/mol. The molecule has 0 bridgehead atoms. The summed E-state index contributed by atoms with van der Waals surface area (Å²) in [7, 11) is 1.53. The zero-order valence-electron chi connectivity index (χ0n) is 17.0. The molecule has 6 nitrogen and oxygen atoms in total. The molecule has 2 rings (SSSR count). The molecule has 0 aliphatic carbocycles. The van der Waals surface area contributed by atoms with Crippen LogP contribution in [-0.2, 0) is 9.47 Å². The molecule has 0 radical (unpaired) electrons. The minimum absolute atomic E-state index is 0.185. The highest BCUT2D eigenvalue weighted by Crippen LogP contribution is 2.17. The number of benzene rings is 2. The van der Waals surface area contributed by atoms with E-state index >= 15 is 0 Å². The van der Waals surface area contributed by atoms with Crippen LogP contribution in [0.2, 0.25) is 0 Å². The van der Waals surface area contributed by atoms with Crippen LogP contribution in [0, 0.1) is 0 Å². The van der Waals surface area contributed by atoms with Gasteiger partial charge in [-0.25, -0.2) is 9.59 Å². The van der Waals surface area contributed by atoms with E-state index in [0.717, 1.165) is 18.6 Å². The Morgan fingerprint density at radius 3 is 1.97 bits per heavy atom. The quantitative estimate of drug-likeness (QED) is 0.293. The first-order valence-corrected chi connectivity index (χ1v) is 9.85. The van der Waals surface area contributed by atoms with Crippen molar-refractivity contribution in [3.05, 3.63) is 59.7 Å². The second-order valence-corrected chi connectivity index (χ2v) is 6.48. The summed E-state index contributed by atoms with van der Waals surface area (Å²) in [6, 6.07) is 13.1. The van der Waals surface area contributed by atoms with E-state index in [-0.39, 0.29) is 6.61 Å². The summed E-state index contributed by atoms with van der Waals surface area (Å²) in [5.74, 6) is 0.147. The van der Waals surface area contributed by atoms with Gasteiger partial charge in [0.05, 0.1) is 24.3 Å². The Balaban J connectivity index is 1.82. The van der Waals surface area contributed by atoms with Gasteiger partial charge >= 0.3 is 11.9 Å². The molecule has 0 heterocycles. The lowest BCUT2D eigenvalue weighted by molar-refractivity contribution is 0.0388. The number of hydrogen-bond acceptors (Lipinski definition) is 6. The Bertz CT molecular complexity index is 752. The molecule has 2 aromatic carbocycles. The average Bonchev–Trinajstić information content (AvgIpc) is 2.74. The summed E-state index contributed by atoms with van der Waals surface area (Å²) in [5, 5.41) is 0. The molecule has 0 aliphatic rings. The van der Waals surface area contributed by atoms with Crippen LogP contribution in [0.15, 0.2) is 48.5 Å². The zero-order chi connectivity index (χ0) is 20.9. The minimum Gasteiger partial charge on any atom is -0.494 e. The third-order valence-electron chi connectivity index (χ3n) is 4.18. The molecule has 6 heteroatoms. The van der Waals surface area contributed by atoms with E-state index in [2.05, 4.69) is 6.92 Å². The maximum Gasteiger partial charge on any atom is 0.343 e. The van der Waals surface area contributed by atoms with Crippen molar-refractivity contribution in [2.24, 2.45) is 0 Å². The van der Waals surface area contributed by atoms with Crippen molar-refractivity contribution >= 4 is 11.9 Å². The van der Waals surface area contributed by atoms with Crippen LogP contribution in [0.5, 0.6) is 11.5 Å². The summed E-state index contributed by atoms with van der Waals surface area (Å²) < 4.78 is 20.9. The van der Waals surface area contributed by atoms with Gasteiger partial charge in [0.25, 0.3) is 0 Å². The smallest absolute Gasteiger partial charge is 0.343 e. The number of carbonyl (C=O) groups is 2. The first-order chi connectivity index (χ1) is 14.1. The summed E-state index contributed by atoms with van der Waals surface area (Å²) in [6.07, 6.45) is 4.58. The number of rotatable bonds is 12. The summed E-state index contributed by atoms with van der Waals surface area (Å²) >= 11 is 0. The maximum absolute atomic E-state index is 12.3. The van der Waals surface area contributed by atoms with Crippen molar-refractivity contribution in [3.8, 4) is 11.5 Å². The molecule has 29 heavy (non-hydrogen) atoms. The van der Waals surface area contributed by atoms with Crippen molar-refractivity contribution in [3.63, 3.8) is 0 Å².